The van der Waals surface area contributed by atoms with E-state index in [4.69, 9.17) is 5.73 Å². The molecular weight excluding hydrogens is 146 g/mol. The van der Waals surface area contributed by atoms with Crippen LogP contribution in [0.25, 0.3) is 0 Å². The maximum absolute atomic E-state index is 6.07. The van der Waals surface area contributed by atoms with Crippen LogP contribution in [0.1, 0.15) is 30.0 Å². The normalized spacial score (nSPS) is 19.2. The molecule has 0 spiro atoms. The van der Waals surface area contributed by atoms with Gasteiger partial charge in [-0.05, 0) is 31.2 Å². The lowest BCUT2D eigenvalue weighted by Crippen LogP contribution is -2.12. The molecule has 1 atom stereocenters. The van der Waals surface area contributed by atoms with Gasteiger partial charge in [-0.2, -0.15) is 0 Å². The molecule has 1 nitrogen and oxygen atoms in total. The second kappa shape index (κ2) is 2.91. The average molecular weight is 161 g/mol. The largest absolute Gasteiger partial charge is 0.324 e. The van der Waals surface area contributed by atoms with Crippen molar-refractivity contribution in [3.63, 3.8) is 0 Å². The molecule has 0 bridgehead atoms. The smallest absolute Gasteiger partial charge is 0.0323 e. The van der Waals surface area contributed by atoms with Crippen LogP contribution in [0.4, 0.5) is 0 Å². The Morgan fingerprint density at radius 1 is 1.42 bits per heavy atom. The molecule has 0 unspecified atom stereocenters. The van der Waals surface area contributed by atoms with Crippen LogP contribution in [0.15, 0.2) is 24.3 Å². The number of hydrogen-bond acceptors (Lipinski definition) is 1. The third kappa shape index (κ3) is 1.51. The molecule has 1 aliphatic carbocycles. The summed E-state index contributed by atoms with van der Waals surface area (Å²) in [7, 11) is 0. The summed E-state index contributed by atoms with van der Waals surface area (Å²) < 4.78 is 0. The van der Waals surface area contributed by atoms with Crippen molar-refractivity contribution in [1.29, 1.82) is 0 Å². The Bertz CT molecular complexity index is 276. The van der Waals surface area contributed by atoms with E-state index in [1.54, 1.807) is 0 Å². The molecule has 64 valence electrons. The van der Waals surface area contributed by atoms with Gasteiger partial charge in [-0.25, -0.2) is 0 Å². The molecule has 0 amide bonds. The van der Waals surface area contributed by atoms with Crippen LogP contribution in [-0.2, 0) is 0 Å². The molecule has 0 heterocycles. The van der Waals surface area contributed by atoms with E-state index in [0.29, 0.717) is 0 Å². The van der Waals surface area contributed by atoms with E-state index in [1.165, 1.54) is 24.0 Å². The van der Waals surface area contributed by atoms with E-state index in [0.717, 1.165) is 5.92 Å². The van der Waals surface area contributed by atoms with E-state index >= 15 is 0 Å². The highest BCUT2D eigenvalue weighted by atomic mass is 14.7. The van der Waals surface area contributed by atoms with Crippen molar-refractivity contribution in [3.05, 3.63) is 35.4 Å². The first-order valence-electron chi connectivity index (χ1n) is 4.59. The van der Waals surface area contributed by atoms with E-state index in [2.05, 4.69) is 31.2 Å². The van der Waals surface area contributed by atoms with Crippen LogP contribution in [0.3, 0.4) is 0 Å². The Morgan fingerprint density at radius 3 is 2.75 bits per heavy atom. The summed E-state index contributed by atoms with van der Waals surface area (Å²) in [6.07, 6.45) is 2.63. The number of hydrogen-bond donors (Lipinski definition) is 1. The topological polar surface area (TPSA) is 26.0 Å². The standard InChI is InChI=1S/C11H15N/c1-8-3-2-4-10(7-8)11(12)9-5-6-9/h2-4,7,9,11H,5-6,12H2,1H3/t11-/m1/s1. The zero-order chi connectivity index (χ0) is 8.55. The molecular formula is C11H15N. The summed E-state index contributed by atoms with van der Waals surface area (Å²) >= 11 is 0. The Labute approximate surface area is 73.6 Å². The summed E-state index contributed by atoms with van der Waals surface area (Å²) in [5.41, 5.74) is 8.68. The van der Waals surface area contributed by atoms with Gasteiger partial charge in [0, 0.05) is 6.04 Å². The maximum Gasteiger partial charge on any atom is 0.0323 e. The van der Waals surface area contributed by atoms with Gasteiger partial charge in [-0.1, -0.05) is 29.8 Å². The Hall–Kier alpha value is -0.820. The fraction of sp³-hybridized carbons (Fsp3) is 0.455. The van der Waals surface area contributed by atoms with Crippen LogP contribution < -0.4 is 5.73 Å². The predicted octanol–water partition coefficient (Wildman–Crippen LogP) is 2.40. The highest BCUT2D eigenvalue weighted by Crippen LogP contribution is 2.39. The summed E-state index contributed by atoms with van der Waals surface area (Å²) in [4.78, 5) is 0. The van der Waals surface area contributed by atoms with Gasteiger partial charge in [0.15, 0.2) is 0 Å². The summed E-state index contributed by atoms with van der Waals surface area (Å²) in [6.45, 7) is 2.11. The molecule has 1 fully saturated rings. The van der Waals surface area contributed by atoms with E-state index < -0.39 is 0 Å². The van der Waals surface area contributed by atoms with Crippen molar-refractivity contribution in [2.24, 2.45) is 11.7 Å². The summed E-state index contributed by atoms with van der Waals surface area (Å²) in [5, 5.41) is 0. The lowest BCUT2D eigenvalue weighted by Gasteiger charge is -2.10. The first-order chi connectivity index (χ1) is 5.77. The highest BCUT2D eigenvalue weighted by Gasteiger charge is 2.29. The lowest BCUT2D eigenvalue weighted by atomic mass is 10.0. The summed E-state index contributed by atoms with van der Waals surface area (Å²) in [6, 6.07) is 8.82. The zero-order valence-corrected chi connectivity index (χ0v) is 7.46. The van der Waals surface area contributed by atoms with E-state index in [-0.39, 0.29) is 6.04 Å². The van der Waals surface area contributed by atoms with E-state index in [1.807, 2.05) is 0 Å². The minimum Gasteiger partial charge on any atom is -0.324 e. The van der Waals surface area contributed by atoms with Gasteiger partial charge < -0.3 is 5.73 Å². The van der Waals surface area contributed by atoms with Crippen molar-refractivity contribution >= 4 is 0 Å². The second-order valence-corrected chi connectivity index (χ2v) is 3.78. The quantitative estimate of drug-likeness (QED) is 0.708. The minimum atomic E-state index is 0.282. The van der Waals surface area contributed by atoms with Crippen molar-refractivity contribution < 1.29 is 0 Å². The predicted molar refractivity (Wildman–Crippen MR) is 50.8 cm³/mol. The van der Waals surface area contributed by atoms with Crippen molar-refractivity contribution in [2.45, 2.75) is 25.8 Å². The third-order valence-electron chi connectivity index (χ3n) is 2.56. The van der Waals surface area contributed by atoms with Gasteiger partial charge in [-0.15, -0.1) is 0 Å². The molecule has 1 aromatic rings. The Morgan fingerprint density at radius 2 is 2.17 bits per heavy atom. The van der Waals surface area contributed by atoms with Crippen LogP contribution in [0.5, 0.6) is 0 Å². The monoisotopic (exact) mass is 161 g/mol. The minimum absolute atomic E-state index is 0.282. The van der Waals surface area contributed by atoms with Gasteiger partial charge in [-0.3, -0.25) is 0 Å². The zero-order valence-electron chi connectivity index (χ0n) is 7.46. The average Bonchev–Trinajstić information content (AvgIpc) is 2.85. The fourth-order valence-corrected chi connectivity index (χ4v) is 1.60. The molecule has 0 aromatic heterocycles. The van der Waals surface area contributed by atoms with Gasteiger partial charge in [0.25, 0.3) is 0 Å². The molecule has 0 radical (unpaired) electrons. The highest BCUT2D eigenvalue weighted by molar-refractivity contribution is 5.26. The summed E-state index contributed by atoms with van der Waals surface area (Å²) in [5.74, 6) is 0.756. The number of rotatable bonds is 2. The van der Waals surface area contributed by atoms with Gasteiger partial charge in [0.2, 0.25) is 0 Å². The first-order valence-corrected chi connectivity index (χ1v) is 4.59. The van der Waals surface area contributed by atoms with Gasteiger partial charge in [0.1, 0.15) is 0 Å². The van der Waals surface area contributed by atoms with E-state index in [9.17, 15) is 0 Å². The number of nitrogens with two attached hydrogens (primary N) is 1. The Kier molecular flexibility index (Phi) is 1.89. The molecule has 2 N–H and O–H groups in total. The molecule has 0 saturated heterocycles. The van der Waals surface area contributed by atoms with Crippen LogP contribution in [-0.4, -0.2) is 0 Å². The fourth-order valence-electron chi connectivity index (χ4n) is 1.60. The molecule has 1 heteroatoms. The lowest BCUT2D eigenvalue weighted by molar-refractivity contribution is 0.633. The molecule has 1 saturated carbocycles. The second-order valence-electron chi connectivity index (χ2n) is 3.78. The number of benzene rings is 1. The van der Waals surface area contributed by atoms with Crippen LogP contribution in [0.2, 0.25) is 0 Å². The molecule has 1 aromatic carbocycles. The van der Waals surface area contributed by atoms with Crippen LogP contribution in [0, 0.1) is 12.8 Å². The van der Waals surface area contributed by atoms with Gasteiger partial charge >= 0.3 is 0 Å². The van der Waals surface area contributed by atoms with Crippen LogP contribution >= 0.6 is 0 Å². The van der Waals surface area contributed by atoms with Crippen molar-refractivity contribution in [1.82, 2.24) is 0 Å². The third-order valence-corrected chi connectivity index (χ3v) is 2.56. The van der Waals surface area contributed by atoms with Crippen molar-refractivity contribution in [3.8, 4) is 0 Å². The Balaban J connectivity index is 2.20. The number of aryl methyl sites for hydroxylation is 1. The molecule has 1 aliphatic rings. The SMILES string of the molecule is Cc1cccc([C@H](N)C2CC2)c1. The molecule has 2 rings (SSSR count). The maximum atomic E-state index is 6.07. The molecule has 0 aliphatic heterocycles. The molecule has 12 heavy (non-hydrogen) atoms. The van der Waals surface area contributed by atoms with Gasteiger partial charge in [0.05, 0.1) is 0 Å². The van der Waals surface area contributed by atoms with Crippen molar-refractivity contribution in [2.75, 3.05) is 0 Å². The first kappa shape index (κ1) is 7.81.